The Morgan fingerprint density at radius 3 is 2.27 bits per heavy atom. The number of allylic oxidation sites excluding steroid dienone is 6. The van der Waals surface area contributed by atoms with E-state index in [9.17, 15) is 38.8 Å². The Hall–Kier alpha value is -3.06. The number of ether oxygens (including phenoxy) is 3. The topological polar surface area (TPSA) is 183 Å². The number of methoxy groups -OCH3 is 1. The molecule has 2 unspecified atom stereocenters. The highest BCUT2D eigenvalue weighted by Gasteiger charge is 2.53. The number of aliphatic hydroxyl groups is 2. The second kappa shape index (κ2) is 25.0. The maximum atomic E-state index is 14.4. The van der Waals surface area contributed by atoms with E-state index in [0.717, 1.165) is 24.8 Å². The third kappa shape index (κ3) is 15.5. The smallest absolute Gasteiger partial charge is 0.329 e. The molecule has 14 heteroatoms. The van der Waals surface area contributed by atoms with Crippen molar-refractivity contribution < 1.29 is 57.5 Å². The van der Waals surface area contributed by atoms with E-state index in [1.54, 1.807) is 47.3 Å². The molecule has 4 rings (SSSR count). The summed E-state index contributed by atoms with van der Waals surface area (Å²) in [6.45, 7) is 18.3. The molecule has 1 saturated carbocycles. The summed E-state index contributed by atoms with van der Waals surface area (Å²) >= 11 is 0. The number of carbonyl (C=O) groups excluding carboxylic acids is 5. The van der Waals surface area contributed by atoms with E-state index in [1.807, 2.05) is 58.1 Å². The molecule has 0 spiro atoms. The fraction of sp³-hybridized carbons (Fsp3) is 0.750. The predicted octanol–water partition coefficient (Wildman–Crippen LogP) is 8.59. The molecule has 4 aliphatic rings. The molecule has 0 radical (unpaired) electrons. The molecule has 66 heavy (non-hydrogen) atoms. The van der Waals surface area contributed by atoms with Crippen LogP contribution in [0.2, 0.25) is 0 Å². The van der Waals surface area contributed by atoms with Gasteiger partial charge in [-0.3, -0.25) is 23.7 Å². The largest absolute Gasteiger partial charge is 0.460 e. The van der Waals surface area contributed by atoms with Gasteiger partial charge in [0.25, 0.3) is 11.7 Å². The summed E-state index contributed by atoms with van der Waals surface area (Å²) in [5, 5.41) is 23.1. The van der Waals surface area contributed by atoms with E-state index in [2.05, 4.69) is 6.92 Å². The van der Waals surface area contributed by atoms with Crippen molar-refractivity contribution >= 4 is 36.6 Å². The second-order valence-electron chi connectivity index (χ2n) is 20.8. The Morgan fingerprint density at radius 2 is 1.61 bits per heavy atom. The first-order valence-corrected chi connectivity index (χ1v) is 27.1. The quantitative estimate of drug-likeness (QED) is 0.112. The molecule has 15 atom stereocenters. The van der Waals surface area contributed by atoms with Crippen molar-refractivity contribution in [3.05, 3.63) is 48.1 Å². The van der Waals surface area contributed by atoms with Gasteiger partial charge in [0, 0.05) is 63.5 Å². The highest BCUT2D eigenvalue weighted by Crippen LogP contribution is 2.46. The van der Waals surface area contributed by atoms with Crippen LogP contribution in [0.4, 0.5) is 0 Å². The number of nitrogens with zero attached hydrogens (tertiary/aromatic N) is 1. The Morgan fingerprint density at radius 1 is 0.894 bits per heavy atom. The summed E-state index contributed by atoms with van der Waals surface area (Å²) in [6, 6.07) is -1.12. The number of hydrogen-bond acceptors (Lipinski definition) is 12. The summed E-state index contributed by atoms with van der Waals surface area (Å²) in [6.07, 6.45) is 15.7. The van der Waals surface area contributed by atoms with E-state index < -0.39 is 79.0 Å². The first-order valence-electron chi connectivity index (χ1n) is 24.6. The Bertz CT molecular complexity index is 1850. The van der Waals surface area contributed by atoms with Crippen molar-refractivity contribution in [2.45, 2.75) is 175 Å². The van der Waals surface area contributed by atoms with Crippen molar-refractivity contribution in [3.63, 3.8) is 0 Å². The van der Waals surface area contributed by atoms with Gasteiger partial charge in [0.2, 0.25) is 5.79 Å². The number of rotatable bonds is 6. The molecular formula is C52H82NO12P. The van der Waals surface area contributed by atoms with Crippen molar-refractivity contribution in [2.24, 2.45) is 47.3 Å². The van der Waals surface area contributed by atoms with Gasteiger partial charge in [-0.25, -0.2) is 4.79 Å². The molecule has 13 nitrogen and oxygen atoms in total. The third-order valence-corrected chi connectivity index (χ3v) is 15.4. The highest BCUT2D eigenvalue weighted by molar-refractivity contribution is 7.57. The number of piperidine rings is 1. The van der Waals surface area contributed by atoms with Gasteiger partial charge in [0.15, 0.2) is 7.37 Å². The molecule has 0 aromatic heterocycles. The molecule has 2 saturated heterocycles. The molecule has 2 bridgehead atoms. The van der Waals surface area contributed by atoms with Crippen molar-refractivity contribution in [1.82, 2.24) is 4.90 Å². The lowest BCUT2D eigenvalue weighted by Crippen LogP contribution is -2.61. The first kappa shape index (κ1) is 55.5. The van der Waals surface area contributed by atoms with Gasteiger partial charge >= 0.3 is 5.97 Å². The van der Waals surface area contributed by atoms with Crippen LogP contribution in [0.3, 0.4) is 0 Å². The molecule has 3 aliphatic heterocycles. The molecule has 2 N–H and O–H groups in total. The monoisotopic (exact) mass is 944 g/mol. The molecule has 0 aromatic carbocycles. The Balaban J connectivity index is 1.66. The number of fused-ring (bicyclic) bond motifs is 3. The van der Waals surface area contributed by atoms with E-state index in [4.69, 9.17) is 18.7 Å². The van der Waals surface area contributed by atoms with Crippen LogP contribution in [0.1, 0.15) is 132 Å². The van der Waals surface area contributed by atoms with Gasteiger partial charge in [0.05, 0.1) is 24.4 Å². The summed E-state index contributed by atoms with van der Waals surface area (Å²) in [5.74, 6) is -7.81. The average Bonchev–Trinajstić information content (AvgIpc) is 3.26. The number of cyclic esters (lactones) is 1. The minimum absolute atomic E-state index is 0.0732. The molecule has 0 aromatic rings. The number of Topliss-reactive ketones (excluding diaryl/α,β-unsaturated/α-hetero) is 3. The van der Waals surface area contributed by atoms with Crippen LogP contribution in [0.15, 0.2) is 48.1 Å². The molecule has 3 heterocycles. The standard InChI is InChI=1S/C52H82NO12P/c1-32-17-13-12-14-18-34(3)46(62-9)30-41-23-21-38(7)52(60,64-41)49(57)50(58)53-26-16-15-19-42(53)51(59)63-47(36(5)29-40-22-25-45(35(4)28-40)65-66(10,11)61)31-44(55)33(2)20-24-43(54)39(8)48(56)37(6)27-32/h12-14,17-18,20,24,32-33,35-43,45-47,54,60H,15-16,19,21-23,25-31H2,1-11H3/b14-12+,17-13+,24-20+,34-18+/t32-,33-,35-,36-,37-,38-,39-,40-,41+,42?,43-,45?,46+,47+,52-/m1/s1. The summed E-state index contributed by atoms with van der Waals surface area (Å²) in [4.78, 5) is 71.5. The summed E-state index contributed by atoms with van der Waals surface area (Å²) in [5.41, 5.74) is 0.893. The Kier molecular flexibility index (Phi) is 21.0. The maximum absolute atomic E-state index is 14.4. The number of hydrogen-bond donors (Lipinski definition) is 2. The van der Waals surface area contributed by atoms with Crippen LogP contribution >= 0.6 is 7.37 Å². The molecule has 1 amide bonds. The fourth-order valence-corrected chi connectivity index (χ4v) is 11.3. The summed E-state index contributed by atoms with van der Waals surface area (Å²) in [7, 11) is -1.10. The maximum Gasteiger partial charge on any atom is 0.329 e. The Labute approximate surface area is 395 Å². The molecular weight excluding hydrogens is 862 g/mol. The lowest BCUT2D eigenvalue weighted by Gasteiger charge is -2.42. The predicted molar refractivity (Wildman–Crippen MR) is 256 cm³/mol. The normalized spacial score (nSPS) is 39.8. The van der Waals surface area contributed by atoms with Crippen LogP contribution < -0.4 is 0 Å². The van der Waals surface area contributed by atoms with Crippen LogP contribution in [0.5, 0.6) is 0 Å². The second-order valence-corrected chi connectivity index (χ2v) is 23.5. The highest BCUT2D eigenvalue weighted by atomic mass is 31.2. The lowest BCUT2D eigenvalue weighted by molar-refractivity contribution is -0.265. The summed E-state index contributed by atoms with van der Waals surface area (Å²) < 4.78 is 36.7. The average molecular weight is 944 g/mol. The van der Waals surface area contributed by atoms with Crippen molar-refractivity contribution in [3.8, 4) is 0 Å². The van der Waals surface area contributed by atoms with E-state index in [1.165, 1.54) is 11.0 Å². The minimum atomic E-state index is -2.68. The van der Waals surface area contributed by atoms with Gasteiger partial charge in [-0.1, -0.05) is 91.0 Å². The fourth-order valence-electron chi connectivity index (χ4n) is 10.3. The van der Waals surface area contributed by atoms with Crippen LogP contribution in [0.25, 0.3) is 0 Å². The number of aliphatic hydroxyl groups excluding tert-OH is 1. The van der Waals surface area contributed by atoms with Gasteiger partial charge in [-0.05, 0) is 100 Å². The lowest BCUT2D eigenvalue weighted by atomic mass is 9.75. The minimum Gasteiger partial charge on any atom is -0.460 e. The zero-order chi connectivity index (χ0) is 49.1. The number of esters is 1. The van der Waals surface area contributed by atoms with Crippen LogP contribution in [-0.2, 0) is 47.3 Å². The van der Waals surface area contributed by atoms with Crippen molar-refractivity contribution in [1.29, 1.82) is 0 Å². The van der Waals surface area contributed by atoms with E-state index >= 15 is 0 Å². The van der Waals surface area contributed by atoms with Gasteiger partial charge in [-0.15, -0.1) is 0 Å². The number of amides is 1. The van der Waals surface area contributed by atoms with E-state index in [-0.39, 0.29) is 66.6 Å². The van der Waals surface area contributed by atoms with Gasteiger partial charge < -0.3 is 33.8 Å². The van der Waals surface area contributed by atoms with Gasteiger partial charge in [0.1, 0.15) is 23.7 Å². The SMILES string of the molecule is CO[C@H]1C[C@@H]2CC[C@@H](C)[C@@](O)(O2)C(=O)C(=O)N2CCCCC2C(=O)O[C@H]([C@H](C)C[C@@H]2CCC(OP(C)(C)=O)[C@H](C)C2)CC(=O)[C@H](C)/C=C/[C@@H](O)[C@@H](C)C(=O)[C@H](C)C[C@H](C)/C=C/C=C/C=C/1C. The molecule has 1 aliphatic carbocycles. The number of carbonyl (C=O) groups is 5. The molecule has 3 fully saturated rings. The van der Waals surface area contributed by atoms with Gasteiger partial charge in [-0.2, -0.15) is 0 Å². The first-order chi connectivity index (χ1) is 30.9. The van der Waals surface area contributed by atoms with Crippen LogP contribution in [-0.4, -0.2) is 114 Å². The zero-order valence-corrected chi connectivity index (χ0v) is 42.6. The van der Waals surface area contributed by atoms with Crippen LogP contribution in [0, 0.1) is 47.3 Å². The number of ketones is 3. The third-order valence-electron chi connectivity index (χ3n) is 14.7. The molecule has 372 valence electrons. The van der Waals surface area contributed by atoms with E-state index in [0.29, 0.717) is 44.9 Å². The zero-order valence-electron chi connectivity index (χ0n) is 41.7. The van der Waals surface area contributed by atoms with Crippen molar-refractivity contribution in [2.75, 3.05) is 27.0 Å².